The Morgan fingerprint density at radius 3 is 1.78 bits per heavy atom. The predicted octanol–water partition coefficient (Wildman–Crippen LogP) is 1.32. The van der Waals surface area contributed by atoms with Crippen molar-refractivity contribution in [1.29, 1.82) is 10.5 Å². The quantitative estimate of drug-likeness (QED) is 0.190. The van der Waals surface area contributed by atoms with Crippen LogP contribution in [-0.2, 0) is 25.5 Å². The van der Waals surface area contributed by atoms with E-state index in [4.69, 9.17) is 21.2 Å². The first kappa shape index (κ1) is 36.1. The van der Waals surface area contributed by atoms with E-state index in [0.29, 0.717) is 22.2 Å². The molecule has 0 unspecified atom stereocenters. The second-order valence-electron chi connectivity index (χ2n) is 9.06. The summed E-state index contributed by atoms with van der Waals surface area (Å²) in [6.07, 6.45) is 10.2. The molecule has 0 amide bonds. The van der Waals surface area contributed by atoms with E-state index < -0.39 is 19.1 Å². The molecule has 0 aliphatic carbocycles. The number of anilines is 1. The molecule has 6 heterocycles. The molecule has 0 aliphatic heterocycles. The van der Waals surface area contributed by atoms with E-state index in [1.807, 2.05) is 25.1 Å². The zero-order valence-electron chi connectivity index (χ0n) is 25.8. The van der Waals surface area contributed by atoms with Crippen LogP contribution in [0.2, 0.25) is 0 Å². The van der Waals surface area contributed by atoms with Gasteiger partial charge in [-0.25, -0.2) is 30.9 Å². The van der Waals surface area contributed by atoms with Gasteiger partial charge in [0.05, 0.1) is 32.0 Å². The van der Waals surface area contributed by atoms with Crippen molar-refractivity contribution in [3.63, 3.8) is 0 Å². The Labute approximate surface area is 293 Å². The SMILES string of the molecule is CCc1ccc(C#N)cn1.CN(c1ccc(C#N)cn1)S(=O)(=O)c1ccn2nccc2c1.O=S(=O)(Cl)c1ccn2nccc2c1.[H-].[Na+]. The summed E-state index contributed by atoms with van der Waals surface area (Å²) in [5.74, 6) is 0.243. The van der Waals surface area contributed by atoms with Crippen LogP contribution in [0, 0.1) is 22.7 Å². The number of sulfonamides is 1. The molecular formula is C29H25ClN9NaO4S2. The number of nitriles is 2. The Bertz CT molecular complexity index is 2250. The van der Waals surface area contributed by atoms with Gasteiger partial charge in [-0.05, 0) is 67.1 Å². The Balaban J connectivity index is 0.000000263. The first-order valence-corrected chi connectivity index (χ1v) is 16.7. The van der Waals surface area contributed by atoms with Crippen LogP contribution >= 0.6 is 10.7 Å². The molecule has 0 spiro atoms. The summed E-state index contributed by atoms with van der Waals surface area (Å²) in [5.41, 5.74) is 3.40. The fourth-order valence-corrected chi connectivity index (χ4v) is 5.68. The second kappa shape index (κ2) is 15.8. The molecule has 0 aromatic carbocycles. The van der Waals surface area contributed by atoms with Crippen molar-refractivity contribution in [3.8, 4) is 12.1 Å². The predicted molar refractivity (Wildman–Crippen MR) is 167 cm³/mol. The number of fused-ring (bicyclic) bond motifs is 2. The van der Waals surface area contributed by atoms with Crippen molar-refractivity contribution in [2.45, 2.75) is 23.1 Å². The Kier molecular flexibility index (Phi) is 12.4. The first-order chi connectivity index (χ1) is 21.5. The van der Waals surface area contributed by atoms with Crippen LogP contribution in [0.15, 0.2) is 108 Å². The average Bonchev–Trinajstić information content (AvgIpc) is 3.74. The van der Waals surface area contributed by atoms with E-state index >= 15 is 0 Å². The average molecular weight is 686 g/mol. The van der Waals surface area contributed by atoms with Gasteiger partial charge in [-0.3, -0.25) is 9.29 Å². The zero-order chi connectivity index (χ0) is 32.6. The molecular weight excluding hydrogens is 661 g/mol. The van der Waals surface area contributed by atoms with Gasteiger partial charge in [0.15, 0.2) is 0 Å². The Morgan fingerprint density at radius 1 is 0.804 bits per heavy atom. The summed E-state index contributed by atoms with van der Waals surface area (Å²) < 4.78 is 51.4. The van der Waals surface area contributed by atoms with Gasteiger partial charge in [-0.2, -0.15) is 20.7 Å². The van der Waals surface area contributed by atoms with Gasteiger partial charge >= 0.3 is 29.6 Å². The summed E-state index contributed by atoms with van der Waals surface area (Å²) in [6, 6.07) is 19.9. The summed E-state index contributed by atoms with van der Waals surface area (Å²) >= 11 is 0. The molecule has 0 atom stereocenters. The molecule has 0 saturated heterocycles. The third kappa shape index (κ3) is 8.88. The van der Waals surface area contributed by atoms with Crippen molar-refractivity contribution in [1.82, 2.24) is 29.2 Å². The van der Waals surface area contributed by atoms with Gasteiger partial charge in [0, 0.05) is 60.6 Å². The number of pyridine rings is 4. The third-order valence-electron chi connectivity index (χ3n) is 6.20. The van der Waals surface area contributed by atoms with Crippen molar-refractivity contribution < 1.29 is 47.8 Å². The summed E-state index contributed by atoms with van der Waals surface area (Å²) in [6.45, 7) is 2.04. The monoisotopic (exact) mass is 685 g/mol. The smallest absolute Gasteiger partial charge is 1.00 e. The molecule has 0 saturated carbocycles. The van der Waals surface area contributed by atoms with Gasteiger partial charge in [-0.1, -0.05) is 6.92 Å². The van der Waals surface area contributed by atoms with Gasteiger partial charge < -0.3 is 1.43 Å². The molecule has 46 heavy (non-hydrogen) atoms. The van der Waals surface area contributed by atoms with Gasteiger partial charge in [0.1, 0.15) is 18.0 Å². The van der Waals surface area contributed by atoms with E-state index in [0.717, 1.165) is 16.4 Å². The molecule has 6 aromatic heterocycles. The standard InChI is InChI=1S/C14H11N5O2S.C8H8N2.C7H5ClN2O2S.Na.H/c1-18(14-3-2-11(9-15)10-16-14)22(20,21)13-5-7-19-12(8-13)4-6-17-19;1-2-8-4-3-7(5-9)6-10-8;8-13(11,12)7-2-4-10-6(5-7)1-3-9-10;;/h2-8,10H,1H3;3-4,6H,2H2,1H3;1-5H;;/q;;;+1;-1. The maximum Gasteiger partial charge on any atom is 1.00 e. The number of hydrogen-bond donors (Lipinski definition) is 0. The van der Waals surface area contributed by atoms with E-state index in [1.165, 1.54) is 43.6 Å². The van der Waals surface area contributed by atoms with E-state index in [-0.39, 0.29) is 46.6 Å². The molecule has 0 fully saturated rings. The molecule has 0 radical (unpaired) electrons. The molecule has 0 N–H and O–H groups in total. The molecule has 0 aliphatic rings. The second-order valence-corrected chi connectivity index (χ2v) is 13.6. The fourth-order valence-electron chi connectivity index (χ4n) is 3.73. The van der Waals surface area contributed by atoms with Crippen LogP contribution < -0.4 is 33.9 Å². The minimum absolute atomic E-state index is 0. The zero-order valence-corrected chi connectivity index (χ0v) is 29.2. The molecule has 17 heteroatoms. The van der Waals surface area contributed by atoms with Crippen molar-refractivity contribution in [3.05, 3.63) is 115 Å². The van der Waals surface area contributed by atoms with Crippen LogP contribution in [0.4, 0.5) is 5.82 Å². The van der Waals surface area contributed by atoms with E-state index in [2.05, 4.69) is 20.2 Å². The minimum Gasteiger partial charge on any atom is -1.00 e. The number of nitrogens with zero attached hydrogens (tertiary/aromatic N) is 9. The van der Waals surface area contributed by atoms with Crippen LogP contribution in [0.25, 0.3) is 11.0 Å². The van der Waals surface area contributed by atoms with Gasteiger partial charge in [0.25, 0.3) is 19.1 Å². The third-order valence-corrected chi connectivity index (χ3v) is 9.31. The van der Waals surface area contributed by atoms with Crippen molar-refractivity contribution in [2.24, 2.45) is 0 Å². The van der Waals surface area contributed by atoms with Crippen LogP contribution in [0.3, 0.4) is 0 Å². The Hall–Kier alpha value is -4.35. The molecule has 6 aromatic rings. The molecule has 13 nitrogen and oxygen atoms in total. The summed E-state index contributed by atoms with van der Waals surface area (Å²) in [7, 11) is -0.786. The topological polar surface area (TPSA) is 179 Å². The van der Waals surface area contributed by atoms with E-state index in [1.54, 1.807) is 64.3 Å². The van der Waals surface area contributed by atoms with Crippen molar-refractivity contribution >= 4 is 46.6 Å². The summed E-state index contributed by atoms with van der Waals surface area (Å²) in [4.78, 5) is 8.28. The van der Waals surface area contributed by atoms with Crippen LogP contribution in [0.5, 0.6) is 0 Å². The molecule has 0 bridgehead atoms. The van der Waals surface area contributed by atoms with Gasteiger partial charge in [-0.15, -0.1) is 0 Å². The maximum absolute atomic E-state index is 12.6. The molecule has 230 valence electrons. The number of halogens is 1. The Morgan fingerprint density at radius 2 is 1.33 bits per heavy atom. The number of aryl methyl sites for hydroxylation is 1. The van der Waals surface area contributed by atoms with Gasteiger partial charge in [0.2, 0.25) is 0 Å². The normalized spacial score (nSPS) is 10.7. The fraction of sp³-hybridized carbons (Fsp3) is 0.103. The first-order valence-electron chi connectivity index (χ1n) is 13.0. The summed E-state index contributed by atoms with van der Waals surface area (Å²) in [5, 5.41) is 25.1. The van der Waals surface area contributed by atoms with Crippen LogP contribution in [-0.4, -0.2) is 53.1 Å². The maximum atomic E-state index is 12.6. The number of aromatic nitrogens is 6. The largest absolute Gasteiger partial charge is 1.00 e. The molecule has 6 rings (SSSR count). The number of rotatable bonds is 5. The van der Waals surface area contributed by atoms with Crippen molar-refractivity contribution in [2.75, 3.05) is 11.4 Å². The van der Waals surface area contributed by atoms with E-state index in [9.17, 15) is 16.8 Å². The number of hydrogen-bond acceptors (Lipinski definition) is 10. The van der Waals surface area contributed by atoms with Crippen LogP contribution in [0.1, 0.15) is 25.2 Å². The minimum atomic E-state index is -3.73.